The van der Waals surface area contributed by atoms with Crippen molar-refractivity contribution in [2.24, 2.45) is 0 Å². The van der Waals surface area contributed by atoms with Crippen molar-refractivity contribution in [2.45, 2.75) is 33.0 Å². The number of benzene rings is 1. The molecule has 13 heavy (non-hydrogen) atoms. The molecule has 0 spiro atoms. The fourth-order valence-corrected chi connectivity index (χ4v) is 3.75. The summed E-state index contributed by atoms with van der Waals surface area (Å²) in [6.07, 6.45) is 1.09. The first kappa shape index (κ1) is 10.8. The van der Waals surface area contributed by atoms with Crippen LogP contribution in [0.2, 0.25) is 24.7 Å². The Morgan fingerprint density at radius 2 is 1.85 bits per heavy atom. The minimum atomic E-state index is -1.26. The third-order valence-corrected chi connectivity index (χ3v) is 4.76. The summed E-state index contributed by atoms with van der Waals surface area (Å²) < 4.78 is 0. The van der Waals surface area contributed by atoms with Crippen LogP contribution in [-0.2, 0) is 6.42 Å². The summed E-state index contributed by atoms with van der Waals surface area (Å²) in [6.45, 7) is 9.16. The molecule has 0 saturated heterocycles. The average molecular weight is 213 g/mol. The van der Waals surface area contributed by atoms with Gasteiger partial charge in [-0.15, -0.1) is 0 Å². The normalized spacial score (nSPS) is 11.8. The SMILES string of the molecule is CCc1ccc(Cl)c([Si](C)(C)C)c1. The predicted molar refractivity (Wildman–Crippen MR) is 63.8 cm³/mol. The zero-order valence-electron chi connectivity index (χ0n) is 8.82. The quantitative estimate of drug-likeness (QED) is 0.659. The van der Waals surface area contributed by atoms with E-state index < -0.39 is 8.07 Å². The van der Waals surface area contributed by atoms with Crippen molar-refractivity contribution in [1.29, 1.82) is 0 Å². The Hall–Kier alpha value is -0.273. The lowest BCUT2D eigenvalue weighted by Crippen LogP contribution is -2.38. The Labute approximate surface area is 86.9 Å². The Bertz CT molecular complexity index is 299. The van der Waals surface area contributed by atoms with Crippen LogP contribution in [0.15, 0.2) is 18.2 Å². The summed E-state index contributed by atoms with van der Waals surface area (Å²) in [5, 5.41) is 2.32. The molecule has 0 aromatic heterocycles. The summed E-state index contributed by atoms with van der Waals surface area (Å²) in [5.74, 6) is 0. The summed E-state index contributed by atoms with van der Waals surface area (Å²) in [6, 6.07) is 6.43. The van der Waals surface area contributed by atoms with Crippen molar-refractivity contribution in [3.05, 3.63) is 28.8 Å². The van der Waals surface area contributed by atoms with Crippen LogP contribution in [0.4, 0.5) is 0 Å². The van der Waals surface area contributed by atoms with Crippen LogP contribution in [0, 0.1) is 0 Å². The van der Waals surface area contributed by atoms with Crippen molar-refractivity contribution < 1.29 is 0 Å². The zero-order valence-corrected chi connectivity index (χ0v) is 10.6. The first-order chi connectivity index (χ1) is 5.95. The molecule has 1 aromatic rings. The molecule has 2 heteroatoms. The Kier molecular flexibility index (Phi) is 3.20. The zero-order chi connectivity index (χ0) is 10.1. The molecule has 0 saturated carbocycles. The third kappa shape index (κ3) is 2.58. The van der Waals surface area contributed by atoms with Crippen molar-refractivity contribution >= 4 is 24.9 Å². The largest absolute Gasteiger partial charge is 0.0845 e. The van der Waals surface area contributed by atoms with E-state index in [2.05, 4.69) is 38.7 Å². The van der Waals surface area contributed by atoms with Gasteiger partial charge in [0.2, 0.25) is 0 Å². The van der Waals surface area contributed by atoms with Crippen LogP contribution in [0.5, 0.6) is 0 Å². The molecule has 1 aromatic carbocycles. The predicted octanol–water partition coefficient (Wildman–Crippen LogP) is 3.45. The summed E-state index contributed by atoms with van der Waals surface area (Å²) in [5.41, 5.74) is 1.39. The highest BCUT2D eigenvalue weighted by Gasteiger charge is 2.19. The Balaban J connectivity index is 3.19. The molecule has 0 bridgehead atoms. The molecule has 72 valence electrons. The molecule has 0 heterocycles. The average Bonchev–Trinajstić information content (AvgIpc) is 2.03. The molecule has 0 aliphatic heterocycles. The molecule has 1 rings (SSSR count). The van der Waals surface area contributed by atoms with Crippen molar-refractivity contribution in [2.75, 3.05) is 0 Å². The second kappa shape index (κ2) is 3.85. The van der Waals surface area contributed by atoms with Crippen LogP contribution in [0.1, 0.15) is 12.5 Å². The molecule has 0 aliphatic rings. The van der Waals surface area contributed by atoms with E-state index in [4.69, 9.17) is 11.6 Å². The van der Waals surface area contributed by atoms with Gasteiger partial charge in [0, 0.05) is 5.02 Å². The molecule has 0 radical (unpaired) electrons. The van der Waals surface area contributed by atoms with Crippen LogP contribution in [0.25, 0.3) is 0 Å². The van der Waals surface area contributed by atoms with E-state index in [1.54, 1.807) is 0 Å². The van der Waals surface area contributed by atoms with Gasteiger partial charge in [-0.25, -0.2) is 0 Å². The smallest absolute Gasteiger partial charge is 0.0795 e. The molecular weight excluding hydrogens is 196 g/mol. The van der Waals surface area contributed by atoms with Gasteiger partial charge in [0.15, 0.2) is 0 Å². The molecule has 0 unspecified atom stereocenters. The topological polar surface area (TPSA) is 0 Å². The van der Waals surface area contributed by atoms with Gasteiger partial charge in [0.1, 0.15) is 0 Å². The fraction of sp³-hybridized carbons (Fsp3) is 0.455. The highest BCUT2D eigenvalue weighted by Crippen LogP contribution is 2.14. The van der Waals surface area contributed by atoms with E-state index in [0.29, 0.717) is 0 Å². The third-order valence-electron chi connectivity index (χ3n) is 2.25. The molecule has 0 nitrogen and oxygen atoms in total. The first-order valence-electron chi connectivity index (χ1n) is 4.74. The second-order valence-electron chi connectivity index (χ2n) is 4.42. The monoisotopic (exact) mass is 212 g/mol. The van der Waals surface area contributed by atoms with Crippen molar-refractivity contribution in [1.82, 2.24) is 0 Å². The standard InChI is InChI=1S/C11H17ClSi/c1-5-9-6-7-10(12)11(8-9)13(2,3)4/h6-8H,5H2,1-4H3. The Morgan fingerprint density at radius 3 is 2.31 bits per heavy atom. The fourth-order valence-electron chi connectivity index (χ4n) is 1.37. The number of rotatable bonds is 2. The summed E-state index contributed by atoms with van der Waals surface area (Å²) in [4.78, 5) is 0. The van der Waals surface area contributed by atoms with E-state index >= 15 is 0 Å². The highest BCUT2D eigenvalue weighted by atomic mass is 35.5. The van der Waals surface area contributed by atoms with Gasteiger partial charge in [0.25, 0.3) is 0 Å². The van der Waals surface area contributed by atoms with Crippen molar-refractivity contribution in [3.63, 3.8) is 0 Å². The summed E-state index contributed by atoms with van der Waals surface area (Å²) in [7, 11) is -1.26. The van der Waals surface area contributed by atoms with Gasteiger partial charge >= 0.3 is 0 Å². The first-order valence-corrected chi connectivity index (χ1v) is 8.62. The highest BCUT2D eigenvalue weighted by molar-refractivity contribution is 6.90. The van der Waals surface area contributed by atoms with Gasteiger partial charge in [0.05, 0.1) is 8.07 Å². The Morgan fingerprint density at radius 1 is 1.23 bits per heavy atom. The lowest BCUT2D eigenvalue weighted by atomic mass is 10.2. The van der Waals surface area contributed by atoms with E-state index in [9.17, 15) is 0 Å². The molecule has 0 amide bonds. The molecule has 0 N–H and O–H groups in total. The number of halogens is 1. The lowest BCUT2D eigenvalue weighted by molar-refractivity contribution is 1.14. The van der Waals surface area contributed by atoms with Gasteiger partial charge in [-0.05, 0) is 23.2 Å². The maximum Gasteiger partial charge on any atom is 0.0795 e. The van der Waals surface area contributed by atoms with E-state index in [1.807, 2.05) is 6.07 Å². The van der Waals surface area contributed by atoms with E-state index in [-0.39, 0.29) is 0 Å². The minimum Gasteiger partial charge on any atom is -0.0845 e. The van der Waals surface area contributed by atoms with Crippen molar-refractivity contribution in [3.8, 4) is 0 Å². The van der Waals surface area contributed by atoms with Crippen LogP contribution < -0.4 is 5.19 Å². The molecule has 0 atom stereocenters. The van der Waals surface area contributed by atoms with Crippen LogP contribution in [-0.4, -0.2) is 8.07 Å². The lowest BCUT2D eigenvalue weighted by Gasteiger charge is -2.19. The molecule has 0 aliphatic carbocycles. The van der Waals surface area contributed by atoms with Gasteiger partial charge in [-0.3, -0.25) is 0 Å². The van der Waals surface area contributed by atoms with E-state index in [0.717, 1.165) is 11.4 Å². The van der Waals surface area contributed by atoms with Crippen LogP contribution >= 0.6 is 11.6 Å². The number of hydrogen-bond donors (Lipinski definition) is 0. The van der Waals surface area contributed by atoms with Gasteiger partial charge in [-0.1, -0.05) is 50.3 Å². The van der Waals surface area contributed by atoms with E-state index in [1.165, 1.54) is 10.8 Å². The maximum absolute atomic E-state index is 6.17. The van der Waals surface area contributed by atoms with Crippen LogP contribution in [0.3, 0.4) is 0 Å². The molecular formula is C11H17ClSi. The van der Waals surface area contributed by atoms with Gasteiger partial charge < -0.3 is 0 Å². The number of aryl methyl sites for hydroxylation is 1. The second-order valence-corrected chi connectivity index (χ2v) is 9.86. The molecule has 0 fully saturated rings. The van der Waals surface area contributed by atoms with Gasteiger partial charge in [-0.2, -0.15) is 0 Å². The number of hydrogen-bond acceptors (Lipinski definition) is 0. The minimum absolute atomic E-state index is 0.941. The summed E-state index contributed by atoms with van der Waals surface area (Å²) >= 11 is 6.17. The maximum atomic E-state index is 6.17.